The summed E-state index contributed by atoms with van der Waals surface area (Å²) in [5.41, 5.74) is 1.34. The van der Waals surface area contributed by atoms with Crippen LogP contribution in [-0.4, -0.2) is 7.11 Å². The van der Waals surface area contributed by atoms with Gasteiger partial charge in [-0.05, 0) is 52.2 Å². The molecule has 1 saturated carbocycles. The largest absolute Gasteiger partial charge is 0.495 e. The van der Waals surface area contributed by atoms with E-state index in [0.717, 1.165) is 16.1 Å². The van der Waals surface area contributed by atoms with Gasteiger partial charge in [0, 0.05) is 0 Å². The summed E-state index contributed by atoms with van der Waals surface area (Å²) >= 11 is 3.52. The lowest BCUT2D eigenvalue weighted by Crippen LogP contribution is -1.99. The molecule has 2 heteroatoms. The number of hydrogen-bond donors (Lipinski definition) is 0. The number of rotatable bonds is 3. The second-order valence-electron chi connectivity index (χ2n) is 3.99. The lowest BCUT2D eigenvalue weighted by molar-refractivity contribution is 0.401. The molecular weight excluding hydrogens is 240 g/mol. The van der Waals surface area contributed by atoms with Crippen molar-refractivity contribution in [2.24, 2.45) is 5.92 Å². The van der Waals surface area contributed by atoms with E-state index in [1.165, 1.54) is 18.4 Å². The summed E-state index contributed by atoms with van der Waals surface area (Å²) in [5.74, 6) is 2.51. The summed E-state index contributed by atoms with van der Waals surface area (Å²) in [7, 11) is 1.74. The summed E-state index contributed by atoms with van der Waals surface area (Å²) in [6, 6.07) is 6.29. The van der Waals surface area contributed by atoms with E-state index in [0.29, 0.717) is 5.92 Å². The molecule has 2 rings (SSSR count). The Kier molecular flexibility index (Phi) is 2.82. The van der Waals surface area contributed by atoms with Gasteiger partial charge in [0.25, 0.3) is 0 Å². The maximum atomic E-state index is 5.43. The van der Waals surface area contributed by atoms with E-state index in [2.05, 4.69) is 35.0 Å². The molecule has 0 unspecified atom stereocenters. The quantitative estimate of drug-likeness (QED) is 0.794. The number of ether oxygens (including phenoxy) is 1. The fourth-order valence-corrected chi connectivity index (χ4v) is 2.49. The predicted octanol–water partition coefficient (Wildman–Crippen LogP) is 3.97. The highest BCUT2D eigenvalue weighted by Crippen LogP contribution is 2.46. The lowest BCUT2D eigenvalue weighted by atomic mass is 9.95. The second-order valence-corrected chi connectivity index (χ2v) is 4.84. The zero-order valence-corrected chi connectivity index (χ0v) is 10.2. The molecule has 0 aromatic heterocycles. The van der Waals surface area contributed by atoms with E-state index in [4.69, 9.17) is 4.74 Å². The minimum Gasteiger partial charge on any atom is -0.495 e. The Labute approximate surface area is 93.6 Å². The maximum absolute atomic E-state index is 5.43. The third kappa shape index (κ3) is 1.81. The normalized spacial score (nSPS) is 17.9. The fraction of sp³-hybridized carbons (Fsp3) is 0.500. The van der Waals surface area contributed by atoms with E-state index in [-0.39, 0.29) is 0 Å². The first-order valence-electron chi connectivity index (χ1n) is 5.06. The van der Waals surface area contributed by atoms with Crippen LogP contribution >= 0.6 is 15.9 Å². The molecule has 0 radical (unpaired) electrons. The van der Waals surface area contributed by atoms with E-state index < -0.39 is 0 Å². The molecule has 14 heavy (non-hydrogen) atoms. The van der Waals surface area contributed by atoms with Crippen molar-refractivity contribution >= 4 is 15.9 Å². The van der Waals surface area contributed by atoms with Gasteiger partial charge in [0.1, 0.15) is 5.75 Å². The minimum atomic E-state index is 0.627. The first kappa shape index (κ1) is 10.0. The summed E-state index contributed by atoms with van der Waals surface area (Å²) in [5, 5.41) is 0. The Morgan fingerprint density at radius 2 is 2.14 bits per heavy atom. The summed E-state index contributed by atoms with van der Waals surface area (Å²) in [6.45, 7) is 2.29. The molecule has 1 atom stereocenters. The number of halogens is 1. The van der Waals surface area contributed by atoms with Gasteiger partial charge in [0.2, 0.25) is 0 Å². The third-order valence-corrected chi connectivity index (χ3v) is 3.65. The van der Waals surface area contributed by atoms with Gasteiger partial charge in [-0.3, -0.25) is 0 Å². The summed E-state index contributed by atoms with van der Waals surface area (Å²) < 4.78 is 6.49. The van der Waals surface area contributed by atoms with Crippen molar-refractivity contribution in [1.29, 1.82) is 0 Å². The van der Waals surface area contributed by atoms with Gasteiger partial charge in [0.05, 0.1) is 11.6 Å². The van der Waals surface area contributed by atoms with Crippen molar-refractivity contribution in [3.8, 4) is 5.75 Å². The van der Waals surface area contributed by atoms with E-state index in [1.54, 1.807) is 7.11 Å². The molecule has 0 amide bonds. The van der Waals surface area contributed by atoms with Crippen LogP contribution in [0, 0.1) is 5.92 Å². The monoisotopic (exact) mass is 254 g/mol. The molecule has 0 heterocycles. The molecule has 1 aliphatic carbocycles. The zero-order chi connectivity index (χ0) is 10.1. The average molecular weight is 255 g/mol. The zero-order valence-electron chi connectivity index (χ0n) is 8.59. The molecule has 0 bridgehead atoms. The molecule has 1 aromatic rings. The van der Waals surface area contributed by atoms with Crippen molar-refractivity contribution in [2.45, 2.75) is 25.7 Å². The molecule has 0 spiro atoms. The highest BCUT2D eigenvalue weighted by molar-refractivity contribution is 9.10. The predicted molar refractivity (Wildman–Crippen MR) is 61.8 cm³/mol. The first-order valence-corrected chi connectivity index (χ1v) is 5.85. The molecule has 76 valence electrons. The maximum Gasteiger partial charge on any atom is 0.136 e. The molecule has 1 nitrogen and oxygen atoms in total. The highest BCUT2D eigenvalue weighted by atomic mass is 79.9. The van der Waals surface area contributed by atoms with E-state index >= 15 is 0 Å². The van der Waals surface area contributed by atoms with E-state index in [9.17, 15) is 0 Å². The molecule has 0 N–H and O–H groups in total. The average Bonchev–Trinajstić information content (AvgIpc) is 2.99. The van der Waals surface area contributed by atoms with Crippen molar-refractivity contribution < 1.29 is 4.74 Å². The number of benzene rings is 1. The number of hydrogen-bond acceptors (Lipinski definition) is 1. The number of methoxy groups -OCH3 is 1. The van der Waals surface area contributed by atoms with Crippen LogP contribution in [0.1, 0.15) is 31.2 Å². The van der Waals surface area contributed by atoms with E-state index in [1.807, 2.05) is 6.07 Å². The van der Waals surface area contributed by atoms with Gasteiger partial charge < -0.3 is 4.74 Å². The van der Waals surface area contributed by atoms with Gasteiger partial charge in [-0.25, -0.2) is 0 Å². The summed E-state index contributed by atoms with van der Waals surface area (Å²) in [4.78, 5) is 0. The van der Waals surface area contributed by atoms with Crippen LogP contribution in [0.3, 0.4) is 0 Å². The molecule has 0 aliphatic heterocycles. The van der Waals surface area contributed by atoms with Gasteiger partial charge in [-0.2, -0.15) is 0 Å². The van der Waals surface area contributed by atoms with Crippen LogP contribution in [0.25, 0.3) is 0 Å². The minimum absolute atomic E-state index is 0.627. The van der Waals surface area contributed by atoms with Crippen LogP contribution in [0.2, 0.25) is 0 Å². The lowest BCUT2D eigenvalue weighted by Gasteiger charge is -2.15. The standard InChI is InChI=1S/C12H15BrO/c1-8(9-6-7-9)10-4-3-5-11(13)12(10)14-2/h3-5,8-9H,6-7H2,1-2H3/t8-/m0/s1. The molecule has 0 saturated heterocycles. The smallest absolute Gasteiger partial charge is 0.136 e. The topological polar surface area (TPSA) is 9.23 Å². The van der Waals surface area contributed by atoms with Crippen molar-refractivity contribution in [2.75, 3.05) is 7.11 Å². The Morgan fingerprint density at radius 3 is 2.71 bits per heavy atom. The highest BCUT2D eigenvalue weighted by Gasteiger charge is 2.30. The first-order chi connectivity index (χ1) is 6.74. The Balaban J connectivity index is 2.35. The Morgan fingerprint density at radius 1 is 1.43 bits per heavy atom. The number of para-hydroxylation sites is 1. The van der Waals surface area contributed by atoms with Crippen LogP contribution < -0.4 is 4.74 Å². The van der Waals surface area contributed by atoms with Gasteiger partial charge in [-0.15, -0.1) is 0 Å². The van der Waals surface area contributed by atoms with Crippen LogP contribution in [0.4, 0.5) is 0 Å². The van der Waals surface area contributed by atoms with Crippen LogP contribution in [-0.2, 0) is 0 Å². The second kappa shape index (κ2) is 3.93. The Hall–Kier alpha value is -0.500. The third-order valence-electron chi connectivity index (χ3n) is 3.02. The molecule has 1 aromatic carbocycles. The molecular formula is C12H15BrO. The van der Waals surface area contributed by atoms with Crippen molar-refractivity contribution in [1.82, 2.24) is 0 Å². The Bertz CT molecular complexity index is 331. The van der Waals surface area contributed by atoms with Crippen molar-refractivity contribution in [3.63, 3.8) is 0 Å². The van der Waals surface area contributed by atoms with Gasteiger partial charge in [-0.1, -0.05) is 19.1 Å². The SMILES string of the molecule is COc1c(Br)cccc1[C@@H](C)C1CC1. The van der Waals surface area contributed by atoms with Crippen LogP contribution in [0.5, 0.6) is 5.75 Å². The van der Waals surface area contributed by atoms with Crippen LogP contribution in [0.15, 0.2) is 22.7 Å². The summed E-state index contributed by atoms with van der Waals surface area (Å²) in [6.07, 6.45) is 2.74. The van der Waals surface area contributed by atoms with Gasteiger partial charge >= 0.3 is 0 Å². The molecule has 1 aliphatic rings. The molecule has 1 fully saturated rings. The fourth-order valence-electron chi connectivity index (χ4n) is 1.95. The van der Waals surface area contributed by atoms with Gasteiger partial charge in [0.15, 0.2) is 0 Å². The van der Waals surface area contributed by atoms with Crippen molar-refractivity contribution in [3.05, 3.63) is 28.2 Å².